The highest BCUT2D eigenvalue weighted by Crippen LogP contribution is 2.19. The Morgan fingerprint density at radius 3 is 2.57 bits per heavy atom. The van der Waals surface area contributed by atoms with E-state index in [1.165, 1.54) is 24.8 Å². The third kappa shape index (κ3) is 3.85. The number of halogens is 1. The summed E-state index contributed by atoms with van der Waals surface area (Å²) in [5.41, 5.74) is 1.18. The average molecular weight is 303 g/mol. The highest BCUT2D eigenvalue weighted by molar-refractivity contribution is 6.30. The van der Waals surface area contributed by atoms with Crippen molar-refractivity contribution in [2.45, 2.75) is 25.8 Å². The molecule has 21 heavy (non-hydrogen) atoms. The number of hydrogen-bond acceptors (Lipinski definition) is 4. The number of hydrogen-bond donors (Lipinski definition) is 1. The van der Waals surface area contributed by atoms with E-state index in [0.717, 1.165) is 36.3 Å². The summed E-state index contributed by atoms with van der Waals surface area (Å²) in [6.07, 6.45) is 5.45. The highest BCUT2D eigenvalue weighted by atomic mass is 35.5. The van der Waals surface area contributed by atoms with Crippen molar-refractivity contribution in [3.63, 3.8) is 0 Å². The minimum atomic E-state index is 0.730. The molecule has 0 aliphatic carbocycles. The molecule has 0 amide bonds. The van der Waals surface area contributed by atoms with E-state index < -0.39 is 0 Å². The van der Waals surface area contributed by atoms with Crippen LogP contribution in [-0.2, 0) is 6.54 Å². The number of benzene rings is 1. The molecule has 0 unspecified atom stereocenters. The second kappa shape index (κ2) is 6.76. The van der Waals surface area contributed by atoms with Crippen molar-refractivity contribution in [1.82, 2.24) is 9.97 Å². The van der Waals surface area contributed by atoms with Crippen LogP contribution in [0.3, 0.4) is 0 Å². The van der Waals surface area contributed by atoms with E-state index in [1.54, 1.807) is 6.33 Å². The van der Waals surface area contributed by atoms with Gasteiger partial charge in [-0.1, -0.05) is 23.7 Å². The van der Waals surface area contributed by atoms with Crippen molar-refractivity contribution in [3.8, 4) is 0 Å². The third-order valence-corrected chi connectivity index (χ3v) is 3.97. The van der Waals surface area contributed by atoms with Gasteiger partial charge in [-0.2, -0.15) is 0 Å². The summed E-state index contributed by atoms with van der Waals surface area (Å²) in [6, 6.07) is 9.86. The summed E-state index contributed by atoms with van der Waals surface area (Å²) >= 11 is 5.89. The molecule has 0 atom stereocenters. The third-order valence-electron chi connectivity index (χ3n) is 3.72. The number of nitrogens with zero attached hydrogens (tertiary/aromatic N) is 3. The Morgan fingerprint density at radius 1 is 1.05 bits per heavy atom. The fraction of sp³-hybridized carbons (Fsp3) is 0.375. The summed E-state index contributed by atoms with van der Waals surface area (Å²) < 4.78 is 0. The molecule has 1 N–H and O–H groups in total. The maximum absolute atomic E-state index is 5.89. The second-order valence-electron chi connectivity index (χ2n) is 5.29. The van der Waals surface area contributed by atoms with Crippen molar-refractivity contribution in [1.29, 1.82) is 0 Å². The Bertz CT molecular complexity index is 579. The van der Waals surface area contributed by atoms with Crippen molar-refractivity contribution < 1.29 is 0 Å². The lowest BCUT2D eigenvalue weighted by atomic mass is 10.1. The van der Waals surface area contributed by atoms with Gasteiger partial charge in [0.15, 0.2) is 0 Å². The zero-order valence-corrected chi connectivity index (χ0v) is 12.7. The Labute approximate surface area is 130 Å². The van der Waals surface area contributed by atoms with Crippen molar-refractivity contribution in [3.05, 3.63) is 47.2 Å². The molecule has 1 aromatic heterocycles. The molecule has 3 rings (SSSR count). The lowest BCUT2D eigenvalue weighted by Gasteiger charge is -2.27. The largest absolute Gasteiger partial charge is 0.366 e. The van der Waals surface area contributed by atoms with E-state index in [9.17, 15) is 0 Å². The van der Waals surface area contributed by atoms with Crippen LogP contribution in [0, 0.1) is 0 Å². The molecule has 1 aliphatic heterocycles. The Kier molecular flexibility index (Phi) is 4.55. The van der Waals surface area contributed by atoms with Gasteiger partial charge in [-0.3, -0.25) is 0 Å². The molecular weight excluding hydrogens is 284 g/mol. The van der Waals surface area contributed by atoms with Crippen molar-refractivity contribution in [2.75, 3.05) is 23.3 Å². The molecule has 110 valence electrons. The molecule has 0 spiro atoms. The number of rotatable bonds is 4. The molecule has 2 heterocycles. The lowest BCUT2D eigenvalue weighted by Crippen LogP contribution is -2.30. The van der Waals surface area contributed by atoms with Crippen LogP contribution in [0.2, 0.25) is 5.02 Å². The van der Waals surface area contributed by atoms with Crippen LogP contribution >= 0.6 is 11.6 Å². The zero-order chi connectivity index (χ0) is 14.5. The first-order chi connectivity index (χ1) is 10.3. The normalized spacial score (nSPS) is 15.0. The molecule has 2 aromatic rings. The van der Waals surface area contributed by atoms with E-state index in [0.29, 0.717) is 0 Å². The van der Waals surface area contributed by atoms with E-state index in [-0.39, 0.29) is 0 Å². The smallest absolute Gasteiger partial charge is 0.134 e. The minimum absolute atomic E-state index is 0.730. The summed E-state index contributed by atoms with van der Waals surface area (Å²) in [7, 11) is 0. The predicted octanol–water partition coefficient (Wildman–Crippen LogP) is 3.73. The molecule has 4 nitrogen and oxygen atoms in total. The highest BCUT2D eigenvalue weighted by Gasteiger charge is 2.12. The lowest BCUT2D eigenvalue weighted by molar-refractivity contribution is 0.573. The van der Waals surface area contributed by atoms with E-state index in [1.807, 2.05) is 30.3 Å². The SMILES string of the molecule is Clc1ccc(CNc2cc(N3CCCCC3)ncn2)cc1. The maximum atomic E-state index is 5.89. The summed E-state index contributed by atoms with van der Waals surface area (Å²) in [5, 5.41) is 4.10. The molecule has 1 aliphatic rings. The number of nitrogens with one attached hydrogen (secondary N) is 1. The molecular formula is C16H19ClN4. The molecule has 0 bridgehead atoms. The molecule has 1 fully saturated rings. The molecule has 0 saturated carbocycles. The average Bonchev–Trinajstić information content (AvgIpc) is 2.55. The van der Waals surface area contributed by atoms with Crippen LogP contribution in [0.1, 0.15) is 24.8 Å². The van der Waals surface area contributed by atoms with Gasteiger partial charge < -0.3 is 10.2 Å². The van der Waals surface area contributed by atoms with E-state index in [4.69, 9.17) is 11.6 Å². The van der Waals surface area contributed by atoms with E-state index in [2.05, 4.69) is 20.2 Å². The Hall–Kier alpha value is -1.81. The second-order valence-corrected chi connectivity index (χ2v) is 5.73. The van der Waals surface area contributed by atoms with Gasteiger partial charge in [-0.25, -0.2) is 9.97 Å². The topological polar surface area (TPSA) is 41.0 Å². The van der Waals surface area contributed by atoms with Crippen LogP contribution in [0.5, 0.6) is 0 Å². The Morgan fingerprint density at radius 2 is 1.81 bits per heavy atom. The molecule has 5 heteroatoms. The van der Waals surface area contributed by atoms with Crippen LogP contribution in [0.15, 0.2) is 36.7 Å². The van der Waals surface area contributed by atoms with Crippen LogP contribution in [0.4, 0.5) is 11.6 Å². The summed E-state index contributed by atoms with van der Waals surface area (Å²) in [5.74, 6) is 1.88. The maximum Gasteiger partial charge on any atom is 0.134 e. The first-order valence-corrected chi connectivity index (χ1v) is 7.74. The number of aromatic nitrogens is 2. The van der Waals surface area contributed by atoms with Gasteiger partial charge in [0, 0.05) is 30.7 Å². The van der Waals surface area contributed by atoms with E-state index >= 15 is 0 Å². The standard InChI is InChI=1S/C16H19ClN4/c17-14-6-4-13(5-7-14)11-18-15-10-16(20-12-19-15)21-8-2-1-3-9-21/h4-7,10,12H,1-3,8-9,11H2,(H,18,19,20). The van der Waals surface area contributed by atoms with Gasteiger partial charge in [-0.15, -0.1) is 0 Å². The number of anilines is 2. The molecule has 0 radical (unpaired) electrons. The van der Waals surface area contributed by atoms with Gasteiger partial charge in [0.1, 0.15) is 18.0 Å². The van der Waals surface area contributed by atoms with Crippen LogP contribution in [-0.4, -0.2) is 23.1 Å². The van der Waals surface area contributed by atoms with Gasteiger partial charge in [0.2, 0.25) is 0 Å². The Balaban J connectivity index is 1.64. The first-order valence-electron chi connectivity index (χ1n) is 7.36. The minimum Gasteiger partial charge on any atom is -0.366 e. The quantitative estimate of drug-likeness (QED) is 0.934. The first kappa shape index (κ1) is 14.1. The number of piperidine rings is 1. The summed E-state index contributed by atoms with van der Waals surface area (Å²) in [6.45, 7) is 2.91. The fourth-order valence-electron chi connectivity index (χ4n) is 2.53. The van der Waals surface area contributed by atoms with Crippen LogP contribution in [0.25, 0.3) is 0 Å². The molecule has 1 saturated heterocycles. The zero-order valence-electron chi connectivity index (χ0n) is 11.9. The fourth-order valence-corrected chi connectivity index (χ4v) is 2.66. The predicted molar refractivity (Wildman–Crippen MR) is 86.9 cm³/mol. The van der Waals surface area contributed by atoms with Crippen molar-refractivity contribution >= 4 is 23.2 Å². The van der Waals surface area contributed by atoms with Gasteiger partial charge >= 0.3 is 0 Å². The van der Waals surface area contributed by atoms with Gasteiger partial charge in [0.05, 0.1) is 0 Å². The molecule has 1 aromatic carbocycles. The van der Waals surface area contributed by atoms with Gasteiger partial charge in [-0.05, 0) is 37.0 Å². The van der Waals surface area contributed by atoms with Crippen molar-refractivity contribution in [2.24, 2.45) is 0 Å². The monoisotopic (exact) mass is 302 g/mol. The van der Waals surface area contributed by atoms with Crippen LogP contribution < -0.4 is 10.2 Å². The van der Waals surface area contributed by atoms with Gasteiger partial charge in [0.25, 0.3) is 0 Å². The summed E-state index contributed by atoms with van der Waals surface area (Å²) in [4.78, 5) is 11.0.